The number of hydrogen-bond donors (Lipinski definition) is 1. The van der Waals surface area contributed by atoms with Gasteiger partial charge < -0.3 is 5.32 Å². The molecule has 4 nitrogen and oxygen atoms in total. The Morgan fingerprint density at radius 2 is 2.13 bits per heavy atom. The Balaban J connectivity index is 1.99. The second-order valence-electron chi connectivity index (χ2n) is 2.92. The van der Waals surface area contributed by atoms with Gasteiger partial charge in [0.15, 0.2) is 0 Å². The highest BCUT2D eigenvalue weighted by Gasteiger charge is 1.95. The van der Waals surface area contributed by atoms with E-state index >= 15 is 0 Å². The van der Waals surface area contributed by atoms with Gasteiger partial charge in [0, 0.05) is 18.1 Å². The molecule has 76 valence electrons. The molecule has 0 aliphatic carbocycles. The summed E-state index contributed by atoms with van der Waals surface area (Å²) in [5.74, 6) is 0. The summed E-state index contributed by atoms with van der Waals surface area (Å²) < 4.78 is 0. The van der Waals surface area contributed by atoms with E-state index in [9.17, 15) is 0 Å². The Kier molecular flexibility index (Phi) is 3.09. The van der Waals surface area contributed by atoms with Crippen molar-refractivity contribution < 1.29 is 0 Å². The van der Waals surface area contributed by atoms with E-state index in [1.807, 2.05) is 12.1 Å². The summed E-state index contributed by atoms with van der Waals surface area (Å²) in [6.45, 7) is 0.642. The van der Waals surface area contributed by atoms with Gasteiger partial charge in [-0.05, 0) is 18.2 Å². The summed E-state index contributed by atoms with van der Waals surface area (Å²) in [5.41, 5.74) is 1.85. The van der Waals surface area contributed by atoms with Crippen molar-refractivity contribution in [1.82, 2.24) is 15.0 Å². The molecule has 5 heteroatoms. The monoisotopic (exact) mass is 220 g/mol. The van der Waals surface area contributed by atoms with Crippen LogP contribution in [0.5, 0.6) is 0 Å². The summed E-state index contributed by atoms with van der Waals surface area (Å²) in [7, 11) is 0. The maximum absolute atomic E-state index is 5.75. The number of anilines is 1. The first-order valence-corrected chi connectivity index (χ1v) is 4.83. The van der Waals surface area contributed by atoms with Crippen LogP contribution in [-0.4, -0.2) is 15.0 Å². The van der Waals surface area contributed by atoms with Gasteiger partial charge in [-0.3, -0.25) is 0 Å². The third-order valence-electron chi connectivity index (χ3n) is 1.84. The largest absolute Gasteiger partial charge is 0.379 e. The lowest BCUT2D eigenvalue weighted by molar-refractivity contribution is 1.01. The van der Waals surface area contributed by atoms with E-state index in [2.05, 4.69) is 20.3 Å². The molecule has 2 aromatic heterocycles. The normalized spacial score (nSPS) is 9.93. The van der Waals surface area contributed by atoms with Crippen LogP contribution < -0.4 is 5.32 Å². The fourth-order valence-electron chi connectivity index (χ4n) is 1.13. The quantitative estimate of drug-likeness (QED) is 0.806. The van der Waals surface area contributed by atoms with Crippen LogP contribution in [-0.2, 0) is 6.54 Å². The van der Waals surface area contributed by atoms with E-state index in [0.29, 0.717) is 11.7 Å². The van der Waals surface area contributed by atoms with Gasteiger partial charge >= 0.3 is 0 Å². The minimum atomic E-state index is 0.475. The maximum Gasteiger partial charge on any atom is 0.131 e. The Hall–Kier alpha value is -1.68. The van der Waals surface area contributed by atoms with Gasteiger partial charge in [0.1, 0.15) is 11.5 Å². The van der Waals surface area contributed by atoms with E-state index < -0.39 is 0 Å². The third-order valence-corrected chi connectivity index (χ3v) is 2.05. The van der Waals surface area contributed by atoms with E-state index in [4.69, 9.17) is 11.6 Å². The molecule has 1 N–H and O–H groups in total. The first-order chi connectivity index (χ1) is 7.34. The first kappa shape index (κ1) is 9.86. The van der Waals surface area contributed by atoms with Crippen LogP contribution in [0.25, 0.3) is 0 Å². The molecule has 15 heavy (non-hydrogen) atoms. The minimum absolute atomic E-state index is 0.475. The summed E-state index contributed by atoms with van der Waals surface area (Å²) in [4.78, 5) is 11.8. The number of nitrogens with one attached hydrogen (secondary N) is 1. The molecule has 0 radical (unpaired) electrons. The molecule has 0 aromatic carbocycles. The van der Waals surface area contributed by atoms with E-state index in [1.54, 1.807) is 18.5 Å². The zero-order valence-electron chi connectivity index (χ0n) is 7.89. The molecule has 0 atom stereocenters. The molecular weight excluding hydrogens is 212 g/mol. The highest BCUT2D eigenvalue weighted by atomic mass is 35.5. The summed E-state index contributed by atoms with van der Waals surface area (Å²) in [6, 6.07) is 5.48. The molecular formula is C10H9ClN4. The molecule has 2 heterocycles. The number of nitrogens with zero attached hydrogens (tertiary/aromatic N) is 3. The molecule has 0 spiro atoms. The summed E-state index contributed by atoms with van der Waals surface area (Å²) in [6.07, 6.45) is 4.89. The number of rotatable bonds is 3. The standard InChI is InChI=1S/C10H9ClN4/c11-10-5-8(2-4-13-10)14-6-9-1-3-12-7-15-9/h1-5,7H,6H2,(H,13,14). The van der Waals surface area contributed by atoms with Crippen LogP contribution in [0, 0.1) is 0 Å². The van der Waals surface area contributed by atoms with Crippen molar-refractivity contribution in [3.8, 4) is 0 Å². The van der Waals surface area contributed by atoms with Crippen LogP contribution in [0.2, 0.25) is 5.15 Å². The highest BCUT2D eigenvalue weighted by Crippen LogP contribution is 2.12. The Bertz CT molecular complexity index is 432. The van der Waals surface area contributed by atoms with Gasteiger partial charge in [-0.15, -0.1) is 0 Å². The van der Waals surface area contributed by atoms with E-state index in [1.165, 1.54) is 6.33 Å². The van der Waals surface area contributed by atoms with Crippen molar-refractivity contribution in [3.63, 3.8) is 0 Å². The van der Waals surface area contributed by atoms with Crippen molar-refractivity contribution in [1.29, 1.82) is 0 Å². The van der Waals surface area contributed by atoms with Crippen LogP contribution >= 0.6 is 11.6 Å². The number of aromatic nitrogens is 3. The van der Waals surface area contributed by atoms with Gasteiger partial charge in [-0.25, -0.2) is 15.0 Å². The Labute approximate surface area is 92.4 Å². The van der Waals surface area contributed by atoms with Gasteiger partial charge in [0.25, 0.3) is 0 Å². The second kappa shape index (κ2) is 4.70. The second-order valence-corrected chi connectivity index (χ2v) is 3.31. The Morgan fingerprint density at radius 3 is 2.87 bits per heavy atom. The molecule has 0 saturated carbocycles. The lowest BCUT2D eigenvalue weighted by Crippen LogP contribution is -2.01. The van der Waals surface area contributed by atoms with Crippen molar-refractivity contribution in [2.75, 3.05) is 5.32 Å². The van der Waals surface area contributed by atoms with Crippen LogP contribution in [0.4, 0.5) is 5.69 Å². The van der Waals surface area contributed by atoms with Gasteiger partial charge in [-0.2, -0.15) is 0 Å². The molecule has 0 amide bonds. The van der Waals surface area contributed by atoms with Crippen molar-refractivity contribution >= 4 is 17.3 Å². The predicted octanol–water partition coefficient (Wildman–Crippen LogP) is 2.14. The first-order valence-electron chi connectivity index (χ1n) is 4.45. The molecule has 0 bridgehead atoms. The van der Waals surface area contributed by atoms with Gasteiger partial charge in [0.05, 0.1) is 12.2 Å². The average molecular weight is 221 g/mol. The number of pyridine rings is 1. The fourth-order valence-corrected chi connectivity index (χ4v) is 1.30. The molecule has 0 aliphatic rings. The minimum Gasteiger partial charge on any atom is -0.379 e. The smallest absolute Gasteiger partial charge is 0.131 e. The summed E-state index contributed by atoms with van der Waals surface area (Å²) in [5, 5.41) is 3.66. The predicted molar refractivity (Wildman–Crippen MR) is 58.6 cm³/mol. The van der Waals surface area contributed by atoms with Gasteiger partial charge in [-0.1, -0.05) is 11.6 Å². The number of hydrogen-bond acceptors (Lipinski definition) is 4. The van der Waals surface area contributed by atoms with Crippen molar-refractivity contribution in [2.24, 2.45) is 0 Å². The van der Waals surface area contributed by atoms with Crippen LogP contribution in [0.1, 0.15) is 5.69 Å². The summed E-state index contributed by atoms with van der Waals surface area (Å²) >= 11 is 5.75. The lowest BCUT2D eigenvalue weighted by Gasteiger charge is -2.04. The fraction of sp³-hybridized carbons (Fsp3) is 0.100. The molecule has 0 saturated heterocycles. The Morgan fingerprint density at radius 1 is 1.20 bits per heavy atom. The van der Waals surface area contributed by atoms with Gasteiger partial charge in [0.2, 0.25) is 0 Å². The van der Waals surface area contributed by atoms with E-state index in [0.717, 1.165) is 11.4 Å². The molecule has 0 fully saturated rings. The van der Waals surface area contributed by atoms with E-state index in [-0.39, 0.29) is 0 Å². The number of halogens is 1. The lowest BCUT2D eigenvalue weighted by atomic mass is 10.3. The zero-order valence-corrected chi connectivity index (χ0v) is 8.65. The van der Waals surface area contributed by atoms with Crippen LogP contribution in [0.3, 0.4) is 0 Å². The van der Waals surface area contributed by atoms with Crippen molar-refractivity contribution in [3.05, 3.63) is 47.8 Å². The molecule has 2 rings (SSSR count). The molecule has 0 unspecified atom stereocenters. The zero-order chi connectivity index (χ0) is 10.5. The topological polar surface area (TPSA) is 50.7 Å². The van der Waals surface area contributed by atoms with Crippen molar-refractivity contribution in [2.45, 2.75) is 6.54 Å². The van der Waals surface area contributed by atoms with Crippen LogP contribution in [0.15, 0.2) is 36.9 Å². The SMILES string of the molecule is Clc1cc(NCc2ccncn2)ccn1. The highest BCUT2D eigenvalue weighted by molar-refractivity contribution is 6.29. The maximum atomic E-state index is 5.75. The molecule has 2 aromatic rings. The third kappa shape index (κ3) is 2.89. The average Bonchev–Trinajstić information content (AvgIpc) is 2.28. The molecule has 0 aliphatic heterocycles.